The van der Waals surface area contributed by atoms with Gasteiger partial charge in [-0.3, -0.25) is 4.79 Å². The molecule has 0 heterocycles. The maximum atomic E-state index is 11.7. The second-order valence-corrected chi connectivity index (χ2v) is 7.76. The molecule has 0 aromatic rings. The third kappa shape index (κ3) is 2.10. The third-order valence-electron chi connectivity index (χ3n) is 6.91. The van der Waals surface area contributed by atoms with E-state index in [4.69, 9.17) is 0 Å². The monoisotopic (exact) mass is 294 g/mol. The lowest BCUT2D eigenvalue weighted by Crippen LogP contribution is -2.38. The van der Waals surface area contributed by atoms with Crippen molar-refractivity contribution in [2.75, 3.05) is 0 Å². The molecule has 4 aliphatic rings. The van der Waals surface area contributed by atoms with Crippen molar-refractivity contribution in [3.63, 3.8) is 0 Å². The van der Waals surface area contributed by atoms with Gasteiger partial charge >= 0.3 is 0 Å². The lowest BCUT2D eigenvalue weighted by molar-refractivity contribution is -0.114. The van der Waals surface area contributed by atoms with Gasteiger partial charge in [-0.25, -0.2) is 0 Å². The van der Waals surface area contributed by atoms with E-state index < -0.39 is 0 Å². The number of fused-ring (bicyclic) bond motifs is 4. The molecular weight excluding hydrogens is 268 g/mol. The number of carbonyl (C=O) groups is 1. The van der Waals surface area contributed by atoms with Gasteiger partial charge < -0.3 is 0 Å². The van der Waals surface area contributed by atoms with E-state index >= 15 is 0 Å². The molecule has 2 saturated carbocycles. The van der Waals surface area contributed by atoms with Crippen LogP contribution in [0.2, 0.25) is 0 Å². The molecule has 0 aromatic carbocycles. The van der Waals surface area contributed by atoms with Gasteiger partial charge in [-0.2, -0.15) is 0 Å². The van der Waals surface area contributed by atoms with E-state index in [0.717, 1.165) is 31.1 Å². The Morgan fingerprint density at radius 2 is 2.14 bits per heavy atom. The maximum Gasteiger partial charge on any atom is 0.156 e. The Labute approximate surface area is 133 Å². The first-order valence-corrected chi connectivity index (χ1v) is 9.03. The Morgan fingerprint density at radius 3 is 3.00 bits per heavy atom. The molecule has 0 unspecified atom stereocenters. The molecule has 0 radical (unpaired) electrons. The SMILES string of the molecule is C=C=CC[C@@]12CCC[C@H]1[C@@H]1CCC3=CC(=O)CCC3=C1CC2. The quantitative estimate of drug-likeness (QED) is 0.632. The highest BCUT2D eigenvalue weighted by Crippen LogP contribution is 2.61. The summed E-state index contributed by atoms with van der Waals surface area (Å²) in [4.78, 5) is 11.7. The van der Waals surface area contributed by atoms with Crippen molar-refractivity contribution in [2.45, 2.75) is 64.2 Å². The van der Waals surface area contributed by atoms with Crippen LogP contribution in [0.1, 0.15) is 64.2 Å². The second-order valence-electron chi connectivity index (χ2n) is 7.76. The lowest BCUT2D eigenvalue weighted by atomic mass is 9.56. The van der Waals surface area contributed by atoms with E-state index in [0.29, 0.717) is 11.2 Å². The van der Waals surface area contributed by atoms with E-state index in [1.165, 1.54) is 50.5 Å². The number of hydrogen-bond donors (Lipinski definition) is 0. The van der Waals surface area contributed by atoms with Crippen LogP contribution in [0.3, 0.4) is 0 Å². The lowest BCUT2D eigenvalue weighted by Gasteiger charge is -2.48. The summed E-state index contributed by atoms with van der Waals surface area (Å²) >= 11 is 0. The summed E-state index contributed by atoms with van der Waals surface area (Å²) < 4.78 is 0. The smallest absolute Gasteiger partial charge is 0.156 e. The minimum atomic E-state index is 0.347. The fourth-order valence-corrected chi connectivity index (χ4v) is 5.96. The van der Waals surface area contributed by atoms with Crippen LogP contribution in [0.4, 0.5) is 0 Å². The minimum Gasteiger partial charge on any atom is -0.295 e. The second kappa shape index (κ2) is 5.39. The number of carbonyl (C=O) groups excluding carboxylic acids is 1. The Hall–Kier alpha value is -1.33. The molecule has 0 N–H and O–H groups in total. The summed E-state index contributed by atoms with van der Waals surface area (Å²) in [5.41, 5.74) is 8.27. The van der Waals surface area contributed by atoms with E-state index in [9.17, 15) is 4.79 Å². The molecule has 1 heteroatoms. The van der Waals surface area contributed by atoms with Gasteiger partial charge in [-0.1, -0.05) is 18.6 Å². The third-order valence-corrected chi connectivity index (χ3v) is 6.91. The largest absolute Gasteiger partial charge is 0.295 e. The summed E-state index contributed by atoms with van der Waals surface area (Å²) in [5.74, 6) is 2.02. The minimum absolute atomic E-state index is 0.347. The van der Waals surface area contributed by atoms with Crippen LogP contribution in [0.25, 0.3) is 0 Å². The molecule has 3 atom stereocenters. The van der Waals surface area contributed by atoms with Gasteiger partial charge in [0.15, 0.2) is 5.78 Å². The first-order valence-electron chi connectivity index (χ1n) is 9.03. The summed E-state index contributed by atoms with van der Waals surface area (Å²) in [6, 6.07) is 0. The fourth-order valence-electron chi connectivity index (χ4n) is 5.96. The Bertz CT molecular complexity index is 614. The standard InChI is InChI=1S/C21H26O/c1-2-3-11-21-12-4-5-20(21)19-8-6-15-14-16(22)7-9-17(15)18(19)10-13-21/h3,14,19-20H,1,4-13H2/t19-,20+,21+/m1/s1. The molecule has 1 nitrogen and oxygen atoms in total. The Morgan fingerprint density at radius 1 is 1.23 bits per heavy atom. The molecule has 22 heavy (non-hydrogen) atoms. The van der Waals surface area contributed by atoms with Crippen LogP contribution < -0.4 is 0 Å². The zero-order valence-corrected chi connectivity index (χ0v) is 13.5. The van der Waals surface area contributed by atoms with Gasteiger partial charge in [0, 0.05) is 6.42 Å². The van der Waals surface area contributed by atoms with Gasteiger partial charge in [-0.15, -0.1) is 5.73 Å². The normalized spacial score (nSPS) is 36.9. The predicted octanol–water partition coefficient (Wildman–Crippen LogP) is 5.29. The number of ketones is 1. The van der Waals surface area contributed by atoms with Crippen molar-refractivity contribution >= 4 is 5.78 Å². The summed E-state index contributed by atoms with van der Waals surface area (Å²) in [5, 5.41) is 0. The summed E-state index contributed by atoms with van der Waals surface area (Å²) in [6.07, 6.45) is 16.3. The first-order chi connectivity index (χ1) is 10.7. The molecule has 0 amide bonds. The van der Waals surface area contributed by atoms with Crippen molar-refractivity contribution in [1.29, 1.82) is 0 Å². The van der Waals surface area contributed by atoms with Crippen molar-refractivity contribution in [1.82, 2.24) is 0 Å². The highest BCUT2D eigenvalue weighted by Gasteiger charge is 2.50. The van der Waals surface area contributed by atoms with Crippen molar-refractivity contribution in [3.05, 3.63) is 41.2 Å². The molecule has 0 saturated heterocycles. The molecule has 2 fully saturated rings. The molecule has 116 valence electrons. The van der Waals surface area contributed by atoms with Gasteiger partial charge in [-0.05, 0) is 91.9 Å². The Kier molecular flexibility index (Phi) is 3.50. The molecule has 0 bridgehead atoms. The van der Waals surface area contributed by atoms with Crippen LogP contribution in [0, 0.1) is 17.3 Å². The molecular formula is C21H26O. The van der Waals surface area contributed by atoms with E-state index in [2.05, 4.69) is 18.4 Å². The predicted molar refractivity (Wildman–Crippen MR) is 89.4 cm³/mol. The zero-order valence-electron chi connectivity index (χ0n) is 13.5. The van der Waals surface area contributed by atoms with Gasteiger partial charge in [0.1, 0.15) is 0 Å². The van der Waals surface area contributed by atoms with Crippen LogP contribution in [-0.4, -0.2) is 5.78 Å². The summed E-state index contributed by atoms with van der Waals surface area (Å²) in [7, 11) is 0. The highest BCUT2D eigenvalue weighted by atomic mass is 16.1. The van der Waals surface area contributed by atoms with Gasteiger partial charge in [0.2, 0.25) is 0 Å². The van der Waals surface area contributed by atoms with E-state index in [-0.39, 0.29) is 0 Å². The Balaban J connectivity index is 1.70. The van der Waals surface area contributed by atoms with Crippen molar-refractivity contribution < 1.29 is 4.79 Å². The van der Waals surface area contributed by atoms with Gasteiger partial charge in [0.05, 0.1) is 0 Å². The van der Waals surface area contributed by atoms with Crippen LogP contribution in [0.15, 0.2) is 41.2 Å². The first kappa shape index (κ1) is 14.3. The number of rotatable bonds is 2. The molecule has 0 aliphatic heterocycles. The number of allylic oxidation sites excluding steroid dienone is 5. The van der Waals surface area contributed by atoms with Crippen molar-refractivity contribution in [2.24, 2.45) is 17.3 Å². The van der Waals surface area contributed by atoms with Crippen molar-refractivity contribution in [3.8, 4) is 0 Å². The highest BCUT2D eigenvalue weighted by molar-refractivity contribution is 5.93. The average molecular weight is 294 g/mol. The van der Waals surface area contributed by atoms with E-state index in [1.54, 1.807) is 11.1 Å². The molecule has 4 aliphatic carbocycles. The van der Waals surface area contributed by atoms with Crippen LogP contribution >= 0.6 is 0 Å². The van der Waals surface area contributed by atoms with Crippen LogP contribution in [-0.2, 0) is 4.79 Å². The molecule has 4 rings (SSSR count). The fraction of sp³-hybridized carbons (Fsp3) is 0.619. The maximum absolute atomic E-state index is 11.7. The van der Waals surface area contributed by atoms with Crippen LogP contribution in [0.5, 0.6) is 0 Å². The number of hydrogen-bond acceptors (Lipinski definition) is 1. The summed E-state index contributed by atoms with van der Waals surface area (Å²) in [6.45, 7) is 3.77. The van der Waals surface area contributed by atoms with E-state index in [1.807, 2.05) is 6.08 Å². The molecule has 0 aromatic heterocycles. The average Bonchev–Trinajstić information content (AvgIpc) is 2.96. The zero-order chi connectivity index (χ0) is 15.2. The van der Waals surface area contributed by atoms with Gasteiger partial charge in [0.25, 0.3) is 0 Å². The topological polar surface area (TPSA) is 17.1 Å². The molecule has 0 spiro atoms.